The van der Waals surface area contributed by atoms with Gasteiger partial charge in [0.25, 0.3) is 0 Å². The summed E-state index contributed by atoms with van der Waals surface area (Å²) in [5, 5.41) is 7.20. The van der Waals surface area contributed by atoms with Gasteiger partial charge in [0.05, 0.1) is 19.7 Å². The van der Waals surface area contributed by atoms with E-state index in [0.29, 0.717) is 24.9 Å². The molecule has 0 radical (unpaired) electrons. The van der Waals surface area contributed by atoms with E-state index in [4.69, 9.17) is 14.0 Å². The van der Waals surface area contributed by atoms with Crippen LogP contribution in [0.15, 0.2) is 53.1 Å². The average Bonchev–Trinajstić information content (AvgIpc) is 3.32. The molecule has 0 aliphatic carbocycles. The number of likely N-dealkylation sites (tertiary alicyclic amines) is 1. The summed E-state index contributed by atoms with van der Waals surface area (Å²) in [6.07, 6.45) is 1.60. The number of methoxy groups -OCH3 is 1. The molecule has 1 aliphatic heterocycles. The van der Waals surface area contributed by atoms with Crippen LogP contribution in [0.5, 0.6) is 11.5 Å². The second-order valence-electron chi connectivity index (χ2n) is 8.78. The fourth-order valence-corrected chi connectivity index (χ4v) is 4.06. The minimum atomic E-state index is -0.0556. The normalized spacial score (nSPS) is 15.6. The van der Waals surface area contributed by atoms with Crippen molar-refractivity contribution in [2.45, 2.75) is 39.3 Å². The molecule has 34 heavy (non-hydrogen) atoms. The topological polar surface area (TPSA) is 89.7 Å². The van der Waals surface area contributed by atoms with Crippen LogP contribution in [0, 0.1) is 12.8 Å². The first-order valence-electron chi connectivity index (χ1n) is 11.7. The molecule has 1 unspecified atom stereocenters. The number of nitrogens with zero attached hydrogens (tertiary/aromatic N) is 3. The predicted octanol–water partition coefficient (Wildman–Crippen LogP) is 3.85. The van der Waals surface area contributed by atoms with Crippen LogP contribution in [0.2, 0.25) is 0 Å². The Morgan fingerprint density at radius 3 is 2.62 bits per heavy atom. The molecule has 1 saturated heterocycles. The van der Waals surface area contributed by atoms with Crippen molar-refractivity contribution < 1.29 is 18.8 Å². The van der Waals surface area contributed by atoms with Gasteiger partial charge in [0.1, 0.15) is 18.1 Å². The summed E-state index contributed by atoms with van der Waals surface area (Å²) < 4.78 is 16.5. The molecule has 1 aliphatic rings. The van der Waals surface area contributed by atoms with Gasteiger partial charge < -0.3 is 19.3 Å². The highest BCUT2D eigenvalue weighted by Crippen LogP contribution is 2.22. The highest BCUT2D eigenvalue weighted by Gasteiger charge is 2.27. The third kappa shape index (κ3) is 6.14. The average molecular weight is 465 g/mol. The minimum absolute atomic E-state index is 0.00899. The van der Waals surface area contributed by atoms with Gasteiger partial charge in [-0.05, 0) is 75.7 Å². The van der Waals surface area contributed by atoms with Gasteiger partial charge in [-0.2, -0.15) is 4.98 Å². The summed E-state index contributed by atoms with van der Waals surface area (Å²) in [5.41, 5.74) is 1.97. The highest BCUT2D eigenvalue weighted by molar-refractivity contribution is 5.79. The summed E-state index contributed by atoms with van der Waals surface area (Å²) in [6, 6.07) is 15.4. The van der Waals surface area contributed by atoms with Crippen LogP contribution in [-0.2, 0) is 11.3 Å². The Bertz CT molecular complexity index is 1070. The molecule has 0 bridgehead atoms. The van der Waals surface area contributed by atoms with Crippen LogP contribution in [-0.4, -0.2) is 53.8 Å². The Morgan fingerprint density at radius 1 is 1.18 bits per heavy atom. The number of carbonyl (C=O) groups excluding carboxylic acids is 1. The number of para-hydroxylation sites is 1. The van der Waals surface area contributed by atoms with Crippen LogP contribution in [0.25, 0.3) is 11.4 Å². The number of piperidine rings is 1. The van der Waals surface area contributed by atoms with E-state index < -0.39 is 0 Å². The van der Waals surface area contributed by atoms with Gasteiger partial charge in [-0.1, -0.05) is 23.4 Å². The molecule has 8 nitrogen and oxygen atoms in total. The number of nitrogens with one attached hydrogen (secondary N) is 1. The summed E-state index contributed by atoms with van der Waals surface area (Å²) in [6.45, 7) is 6.64. The van der Waals surface area contributed by atoms with E-state index in [-0.39, 0.29) is 17.9 Å². The molecule has 1 atom stereocenters. The third-order valence-corrected chi connectivity index (χ3v) is 6.10. The number of hydrogen-bond acceptors (Lipinski definition) is 7. The zero-order chi connectivity index (χ0) is 23.9. The minimum Gasteiger partial charge on any atom is -0.497 e. The third-order valence-electron chi connectivity index (χ3n) is 6.10. The predicted molar refractivity (Wildman–Crippen MR) is 129 cm³/mol. The van der Waals surface area contributed by atoms with E-state index in [1.165, 1.54) is 0 Å². The fourth-order valence-electron chi connectivity index (χ4n) is 4.06. The van der Waals surface area contributed by atoms with Gasteiger partial charge in [-0.3, -0.25) is 9.69 Å². The Balaban J connectivity index is 1.20. The van der Waals surface area contributed by atoms with E-state index in [9.17, 15) is 4.79 Å². The maximum absolute atomic E-state index is 12.7. The molecule has 4 rings (SSSR count). The lowest BCUT2D eigenvalue weighted by molar-refractivity contribution is -0.127. The number of carbonyl (C=O) groups is 1. The van der Waals surface area contributed by atoms with E-state index in [1.54, 1.807) is 7.11 Å². The number of hydrogen-bond donors (Lipinski definition) is 1. The molecular weight excluding hydrogens is 432 g/mol. The molecule has 3 aromatic rings. The van der Waals surface area contributed by atoms with Gasteiger partial charge in [0, 0.05) is 11.5 Å². The highest BCUT2D eigenvalue weighted by atomic mass is 16.5. The van der Waals surface area contributed by atoms with Crippen molar-refractivity contribution in [1.82, 2.24) is 20.4 Å². The lowest BCUT2D eigenvalue weighted by Crippen LogP contribution is -2.44. The molecule has 1 fully saturated rings. The van der Waals surface area contributed by atoms with Crippen LogP contribution in [0.3, 0.4) is 0 Å². The molecule has 0 saturated carbocycles. The molecular formula is C26H32N4O4. The standard InChI is InChI=1S/C26H32N4O4/c1-18-6-4-5-7-23(18)33-17-19(2)27-26(31)21-12-14-30(15-13-21)16-24-28-25(29-34-24)20-8-10-22(32-3)11-9-20/h4-11,19,21H,12-17H2,1-3H3,(H,27,31). The SMILES string of the molecule is COc1ccc(-c2noc(CN3CCC(C(=O)NC(C)COc4ccccc4C)CC3)n2)cc1. The quantitative estimate of drug-likeness (QED) is 0.514. The van der Waals surface area contributed by atoms with E-state index in [0.717, 1.165) is 48.6 Å². The molecule has 2 heterocycles. The zero-order valence-corrected chi connectivity index (χ0v) is 20.0. The summed E-state index contributed by atoms with van der Waals surface area (Å²) in [4.78, 5) is 19.5. The van der Waals surface area contributed by atoms with Crippen molar-refractivity contribution in [2.24, 2.45) is 5.92 Å². The molecule has 8 heteroatoms. The molecule has 0 spiro atoms. The summed E-state index contributed by atoms with van der Waals surface area (Å²) >= 11 is 0. The van der Waals surface area contributed by atoms with Crippen molar-refractivity contribution in [1.29, 1.82) is 0 Å². The Labute approximate surface area is 200 Å². The largest absolute Gasteiger partial charge is 0.497 e. The molecule has 180 valence electrons. The van der Waals surface area contributed by atoms with E-state index in [2.05, 4.69) is 20.4 Å². The second kappa shape index (κ2) is 11.2. The second-order valence-corrected chi connectivity index (χ2v) is 8.78. The van der Waals surface area contributed by atoms with Gasteiger partial charge in [-0.15, -0.1) is 0 Å². The number of amides is 1. The lowest BCUT2D eigenvalue weighted by Gasteiger charge is -2.30. The fraction of sp³-hybridized carbons (Fsp3) is 0.423. The van der Waals surface area contributed by atoms with Gasteiger partial charge in [-0.25, -0.2) is 0 Å². The monoisotopic (exact) mass is 464 g/mol. The first-order chi connectivity index (χ1) is 16.5. The van der Waals surface area contributed by atoms with E-state index in [1.807, 2.05) is 62.4 Å². The lowest BCUT2D eigenvalue weighted by atomic mass is 9.95. The first kappa shape index (κ1) is 23.8. The van der Waals surface area contributed by atoms with Crippen LogP contribution < -0.4 is 14.8 Å². The number of rotatable bonds is 9. The van der Waals surface area contributed by atoms with Crippen LogP contribution in [0.1, 0.15) is 31.2 Å². The van der Waals surface area contributed by atoms with Gasteiger partial charge in [0.2, 0.25) is 17.6 Å². The number of aryl methyl sites for hydroxylation is 1. The zero-order valence-electron chi connectivity index (χ0n) is 20.0. The molecule has 1 N–H and O–H groups in total. The van der Waals surface area contributed by atoms with Gasteiger partial charge in [0.15, 0.2) is 0 Å². The van der Waals surface area contributed by atoms with Crippen LogP contribution in [0.4, 0.5) is 0 Å². The maximum Gasteiger partial charge on any atom is 0.241 e. The van der Waals surface area contributed by atoms with Crippen LogP contribution >= 0.6 is 0 Å². The molecule has 1 amide bonds. The van der Waals surface area contributed by atoms with E-state index >= 15 is 0 Å². The smallest absolute Gasteiger partial charge is 0.241 e. The van der Waals surface area contributed by atoms with Crippen molar-refractivity contribution in [3.05, 3.63) is 60.0 Å². The Hall–Kier alpha value is -3.39. The number of benzene rings is 2. The Kier molecular flexibility index (Phi) is 7.80. The van der Waals surface area contributed by atoms with Crippen molar-refractivity contribution in [2.75, 3.05) is 26.8 Å². The number of ether oxygens (including phenoxy) is 2. The first-order valence-corrected chi connectivity index (χ1v) is 11.7. The van der Waals surface area contributed by atoms with Crippen molar-refractivity contribution in [3.63, 3.8) is 0 Å². The maximum atomic E-state index is 12.7. The van der Waals surface area contributed by atoms with Crippen molar-refractivity contribution in [3.8, 4) is 22.9 Å². The molecule has 1 aromatic heterocycles. The summed E-state index contributed by atoms with van der Waals surface area (Å²) in [5.74, 6) is 2.89. The number of aromatic nitrogens is 2. The summed E-state index contributed by atoms with van der Waals surface area (Å²) in [7, 11) is 1.63. The molecule has 2 aromatic carbocycles. The van der Waals surface area contributed by atoms with Crippen molar-refractivity contribution >= 4 is 5.91 Å². The van der Waals surface area contributed by atoms with Gasteiger partial charge >= 0.3 is 0 Å². The Morgan fingerprint density at radius 2 is 1.91 bits per heavy atom.